The summed E-state index contributed by atoms with van der Waals surface area (Å²) in [4.78, 5) is 13.4. The highest BCUT2D eigenvalue weighted by Crippen LogP contribution is 2.18. The van der Waals surface area contributed by atoms with E-state index in [1.807, 2.05) is 20.8 Å². The van der Waals surface area contributed by atoms with Crippen molar-refractivity contribution < 1.29 is 14.6 Å². The number of hydrogen-bond donors (Lipinski definition) is 2. The van der Waals surface area contributed by atoms with Gasteiger partial charge in [-0.05, 0) is 27.2 Å². The third-order valence-corrected chi connectivity index (χ3v) is 2.68. The summed E-state index contributed by atoms with van der Waals surface area (Å²) in [5.41, 5.74) is 5.36. The van der Waals surface area contributed by atoms with E-state index in [9.17, 15) is 4.79 Å². The number of piperidine rings is 1. The van der Waals surface area contributed by atoms with Crippen molar-refractivity contribution in [2.24, 2.45) is 11.7 Å². The summed E-state index contributed by atoms with van der Waals surface area (Å²) in [7, 11) is 0. The molecule has 3 N–H and O–H groups in total. The van der Waals surface area contributed by atoms with Gasteiger partial charge in [-0.25, -0.2) is 4.79 Å². The highest BCUT2D eigenvalue weighted by Gasteiger charge is 2.31. The van der Waals surface area contributed by atoms with Crippen molar-refractivity contribution in [2.75, 3.05) is 19.7 Å². The van der Waals surface area contributed by atoms with E-state index in [0.29, 0.717) is 19.5 Å². The number of carbonyl (C=O) groups excluding carboxylic acids is 1. The second-order valence-corrected chi connectivity index (χ2v) is 5.32. The number of hydrogen-bond acceptors (Lipinski definition) is 4. The molecule has 0 spiro atoms. The van der Waals surface area contributed by atoms with Gasteiger partial charge >= 0.3 is 6.09 Å². The van der Waals surface area contributed by atoms with Gasteiger partial charge in [-0.2, -0.15) is 0 Å². The van der Waals surface area contributed by atoms with E-state index < -0.39 is 5.60 Å². The van der Waals surface area contributed by atoms with E-state index in [1.165, 1.54) is 0 Å². The normalized spacial score (nSPS) is 25.1. The number of halogens is 1. The van der Waals surface area contributed by atoms with Crippen LogP contribution in [0.3, 0.4) is 0 Å². The van der Waals surface area contributed by atoms with Crippen LogP contribution in [-0.2, 0) is 4.74 Å². The summed E-state index contributed by atoms with van der Waals surface area (Å²) in [6.07, 6.45) is 0.391. The highest BCUT2D eigenvalue weighted by atomic mass is 35.5. The van der Waals surface area contributed by atoms with Crippen LogP contribution >= 0.6 is 12.4 Å². The lowest BCUT2D eigenvalue weighted by Gasteiger charge is -2.36. The van der Waals surface area contributed by atoms with E-state index >= 15 is 0 Å². The molecule has 1 aliphatic rings. The van der Waals surface area contributed by atoms with Crippen LogP contribution in [0.4, 0.5) is 4.79 Å². The van der Waals surface area contributed by atoms with E-state index in [2.05, 4.69) is 0 Å². The molecule has 0 unspecified atom stereocenters. The fourth-order valence-corrected chi connectivity index (χ4v) is 1.74. The number of nitrogens with zero attached hydrogens (tertiary/aromatic N) is 1. The molecule has 5 nitrogen and oxygen atoms in total. The largest absolute Gasteiger partial charge is 0.444 e. The van der Waals surface area contributed by atoms with Gasteiger partial charge in [0.1, 0.15) is 5.60 Å². The van der Waals surface area contributed by atoms with Crippen molar-refractivity contribution in [3.63, 3.8) is 0 Å². The average molecular weight is 267 g/mol. The second kappa shape index (κ2) is 6.42. The quantitative estimate of drug-likeness (QED) is 0.742. The molecular weight excluding hydrogens is 244 g/mol. The zero-order chi connectivity index (χ0) is 12.3. The molecule has 1 heterocycles. The van der Waals surface area contributed by atoms with Gasteiger partial charge in [-0.1, -0.05) is 0 Å². The van der Waals surface area contributed by atoms with Gasteiger partial charge in [0.15, 0.2) is 0 Å². The number of aliphatic hydroxyl groups is 1. The standard InChI is InChI=1S/C11H22N2O3.ClH/c1-11(2,3)16-10(15)13-5-4-9(12)8(6-13)7-14;/h8-9,14H,4-7,12H2,1-3H3;1H/t8-,9+;/m1./s1. The number of ether oxygens (including phenoxy) is 1. The Kier molecular flexibility index (Phi) is 6.23. The molecule has 0 radical (unpaired) electrons. The Bertz CT molecular complexity index is 256. The lowest BCUT2D eigenvalue weighted by atomic mass is 9.94. The van der Waals surface area contributed by atoms with Crippen LogP contribution in [0.15, 0.2) is 0 Å². The molecule has 0 aromatic heterocycles. The van der Waals surface area contributed by atoms with E-state index in [1.54, 1.807) is 4.90 Å². The zero-order valence-electron chi connectivity index (χ0n) is 10.7. The molecule has 2 atom stereocenters. The predicted molar refractivity (Wildman–Crippen MR) is 68.2 cm³/mol. The van der Waals surface area contributed by atoms with Crippen molar-refractivity contribution >= 4 is 18.5 Å². The van der Waals surface area contributed by atoms with Crippen molar-refractivity contribution in [3.05, 3.63) is 0 Å². The maximum absolute atomic E-state index is 11.8. The molecule has 0 saturated carbocycles. The first kappa shape index (κ1) is 16.5. The lowest BCUT2D eigenvalue weighted by molar-refractivity contribution is 0.0107. The predicted octanol–water partition coefficient (Wildman–Crippen LogP) is 0.985. The van der Waals surface area contributed by atoms with Crippen molar-refractivity contribution in [2.45, 2.75) is 38.8 Å². The number of amides is 1. The first-order valence-corrected chi connectivity index (χ1v) is 5.68. The lowest BCUT2D eigenvalue weighted by Crippen LogP contribution is -2.51. The van der Waals surface area contributed by atoms with Crippen LogP contribution in [0.25, 0.3) is 0 Å². The number of rotatable bonds is 1. The Morgan fingerprint density at radius 1 is 1.53 bits per heavy atom. The van der Waals surface area contributed by atoms with Crippen LogP contribution in [0, 0.1) is 5.92 Å². The Morgan fingerprint density at radius 2 is 2.12 bits per heavy atom. The number of carbonyl (C=O) groups is 1. The summed E-state index contributed by atoms with van der Waals surface area (Å²) >= 11 is 0. The van der Waals surface area contributed by atoms with Gasteiger partial charge in [-0.15, -0.1) is 12.4 Å². The fourth-order valence-electron chi connectivity index (χ4n) is 1.74. The van der Waals surface area contributed by atoms with Gasteiger partial charge in [0, 0.05) is 31.7 Å². The van der Waals surface area contributed by atoms with Crippen LogP contribution < -0.4 is 5.73 Å². The Morgan fingerprint density at radius 3 is 2.59 bits per heavy atom. The molecular formula is C11H23ClN2O3. The van der Waals surface area contributed by atoms with E-state index in [4.69, 9.17) is 15.6 Å². The Labute approximate surface area is 109 Å². The van der Waals surface area contributed by atoms with Crippen molar-refractivity contribution in [1.82, 2.24) is 4.90 Å². The van der Waals surface area contributed by atoms with Gasteiger partial charge in [0.2, 0.25) is 0 Å². The minimum atomic E-state index is -0.481. The SMILES string of the molecule is CC(C)(C)OC(=O)N1CC[C@H](N)[C@@H](CO)C1.Cl. The van der Waals surface area contributed by atoms with Crippen LogP contribution in [0.1, 0.15) is 27.2 Å². The zero-order valence-corrected chi connectivity index (χ0v) is 11.5. The van der Waals surface area contributed by atoms with Crippen LogP contribution in [-0.4, -0.2) is 47.4 Å². The molecule has 1 saturated heterocycles. The smallest absolute Gasteiger partial charge is 0.410 e. The molecule has 0 aromatic rings. The minimum absolute atomic E-state index is 0. The van der Waals surface area contributed by atoms with E-state index in [0.717, 1.165) is 0 Å². The number of nitrogens with two attached hydrogens (primary N) is 1. The van der Waals surface area contributed by atoms with Gasteiger partial charge in [0.25, 0.3) is 0 Å². The fraction of sp³-hybridized carbons (Fsp3) is 0.909. The van der Waals surface area contributed by atoms with E-state index in [-0.39, 0.29) is 37.1 Å². The Balaban J connectivity index is 0.00000256. The van der Waals surface area contributed by atoms with Crippen LogP contribution in [0.2, 0.25) is 0 Å². The topological polar surface area (TPSA) is 75.8 Å². The monoisotopic (exact) mass is 266 g/mol. The third-order valence-electron chi connectivity index (χ3n) is 2.68. The van der Waals surface area contributed by atoms with Crippen molar-refractivity contribution in [1.29, 1.82) is 0 Å². The molecule has 0 aliphatic carbocycles. The summed E-state index contributed by atoms with van der Waals surface area (Å²) in [6.45, 7) is 6.61. The summed E-state index contributed by atoms with van der Waals surface area (Å²) in [5, 5.41) is 9.13. The molecule has 0 aromatic carbocycles. The summed E-state index contributed by atoms with van der Waals surface area (Å²) in [6, 6.07) is -0.0244. The molecule has 1 amide bonds. The molecule has 1 fully saturated rings. The first-order valence-electron chi connectivity index (χ1n) is 5.68. The van der Waals surface area contributed by atoms with Gasteiger partial charge in [-0.3, -0.25) is 0 Å². The molecule has 1 aliphatic heterocycles. The highest BCUT2D eigenvalue weighted by molar-refractivity contribution is 5.85. The average Bonchev–Trinajstić information content (AvgIpc) is 2.15. The van der Waals surface area contributed by atoms with Gasteiger partial charge in [0.05, 0.1) is 0 Å². The number of aliphatic hydroxyl groups excluding tert-OH is 1. The number of likely N-dealkylation sites (tertiary alicyclic amines) is 1. The van der Waals surface area contributed by atoms with Gasteiger partial charge < -0.3 is 20.5 Å². The Hall–Kier alpha value is -0.520. The molecule has 1 rings (SSSR count). The third kappa shape index (κ3) is 5.10. The second-order valence-electron chi connectivity index (χ2n) is 5.32. The molecule has 17 heavy (non-hydrogen) atoms. The molecule has 102 valence electrons. The summed E-state index contributed by atoms with van der Waals surface area (Å²) in [5.74, 6) is -0.0405. The molecule has 0 bridgehead atoms. The minimum Gasteiger partial charge on any atom is -0.444 e. The summed E-state index contributed by atoms with van der Waals surface area (Å²) < 4.78 is 5.27. The van der Waals surface area contributed by atoms with Crippen LogP contribution in [0.5, 0.6) is 0 Å². The maximum Gasteiger partial charge on any atom is 0.410 e. The first-order chi connectivity index (χ1) is 7.33. The maximum atomic E-state index is 11.8. The van der Waals surface area contributed by atoms with Crippen molar-refractivity contribution in [3.8, 4) is 0 Å². The molecule has 6 heteroatoms.